The summed E-state index contributed by atoms with van der Waals surface area (Å²) in [6, 6.07) is 8.07. The van der Waals surface area contributed by atoms with E-state index in [1.54, 1.807) is 0 Å². The summed E-state index contributed by atoms with van der Waals surface area (Å²) >= 11 is 0. The zero-order chi connectivity index (χ0) is 13.5. The number of hydrogen-bond acceptors (Lipinski definition) is 2. The van der Waals surface area contributed by atoms with Crippen LogP contribution in [0.2, 0.25) is 0 Å². The normalized spacial score (nSPS) is 16.1. The number of ether oxygens (including phenoxy) is 1. The molecule has 0 saturated heterocycles. The lowest BCUT2D eigenvalue weighted by atomic mass is 9.96. The summed E-state index contributed by atoms with van der Waals surface area (Å²) in [5.74, 6) is 0.692. The van der Waals surface area contributed by atoms with E-state index in [4.69, 9.17) is 4.74 Å². The van der Waals surface area contributed by atoms with Gasteiger partial charge in [-0.1, -0.05) is 50.8 Å². The van der Waals surface area contributed by atoms with Gasteiger partial charge in [0.25, 0.3) is 0 Å². The maximum atomic E-state index is 11.9. The Morgan fingerprint density at radius 2 is 2.00 bits per heavy atom. The van der Waals surface area contributed by atoms with E-state index in [0.717, 1.165) is 31.2 Å². The van der Waals surface area contributed by atoms with Crippen molar-refractivity contribution in [1.82, 2.24) is 5.32 Å². The molecule has 0 spiro atoms. The van der Waals surface area contributed by atoms with Gasteiger partial charge in [0.05, 0.1) is 0 Å². The minimum absolute atomic E-state index is 0.291. The van der Waals surface area contributed by atoms with E-state index in [0.29, 0.717) is 11.8 Å². The molecule has 3 heteroatoms. The Hall–Kier alpha value is -1.51. The number of nitrogens with one attached hydrogen (secondary N) is 1. The first-order chi connectivity index (χ1) is 9.29. The van der Waals surface area contributed by atoms with Crippen LogP contribution >= 0.6 is 0 Å². The average Bonchev–Trinajstić information content (AvgIpc) is 2.42. The van der Waals surface area contributed by atoms with Crippen LogP contribution < -0.4 is 10.1 Å². The highest BCUT2D eigenvalue weighted by Crippen LogP contribution is 2.21. The van der Waals surface area contributed by atoms with Crippen LogP contribution in [0.4, 0.5) is 4.79 Å². The van der Waals surface area contributed by atoms with Gasteiger partial charge in [-0.25, -0.2) is 4.79 Å². The third-order valence-corrected chi connectivity index (χ3v) is 3.62. The van der Waals surface area contributed by atoms with Crippen LogP contribution in [0, 0.1) is 0 Å². The van der Waals surface area contributed by atoms with Gasteiger partial charge in [0.2, 0.25) is 0 Å². The van der Waals surface area contributed by atoms with E-state index in [1.165, 1.54) is 19.3 Å². The molecule has 1 N–H and O–H groups in total. The van der Waals surface area contributed by atoms with Crippen LogP contribution in [0.15, 0.2) is 24.3 Å². The Labute approximate surface area is 115 Å². The number of hydrogen-bond donors (Lipinski definition) is 1. The van der Waals surface area contributed by atoms with E-state index in [1.807, 2.05) is 24.3 Å². The molecule has 1 saturated carbocycles. The Morgan fingerprint density at radius 1 is 1.26 bits per heavy atom. The highest BCUT2D eigenvalue weighted by Gasteiger charge is 2.17. The molecule has 3 nitrogen and oxygen atoms in total. The monoisotopic (exact) mass is 261 g/mol. The van der Waals surface area contributed by atoms with E-state index < -0.39 is 0 Å². The minimum atomic E-state index is -0.310. The largest absolute Gasteiger partial charge is 0.412 e. The molecule has 1 aliphatic carbocycles. The topological polar surface area (TPSA) is 38.3 Å². The fourth-order valence-corrected chi connectivity index (χ4v) is 2.62. The number of rotatable bonds is 4. The molecule has 1 aromatic rings. The maximum absolute atomic E-state index is 11.9. The Kier molecular flexibility index (Phi) is 5.25. The summed E-state index contributed by atoms with van der Waals surface area (Å²) in [5, 5.41) is 2.98. The fourth-order valence-electron chi connectivity index (χ4n) is 2.62. The molecule has 1 amide bonds. The molecule has 0 heterocycles. The van der Waals surface area contributed by atoms with Gasteiger partial charge < -0.3 is 10.1 Å². The summed E-state index contributed by atoms with van der Waals surface area (Å²) < 4.78 is 5.45. The number of aryl methyl sites for hydroxylation is 1. The number of carbonyl (C=O) groups excluding carboxylic acids is 1. The van der Waals surface area contributed by atoms with Crippen LogP contribution in [-0.4, -0.2) is 12.1 Å². The standard InChI is InChI=1S/C16H23NO2/c1-2-8-13-9-6-7-12-15(13)19-16(18)17-14-10-4-3-5-11-14/h6-7,9,12,14H,2-5,8,10-11H2,1H3,(H,17,18). The van der Waals surface area contributed by atoms with Gasteiger partial charge >= 0.3 is 6.09 Å². The average molecular weight is 261 g/mol. The molecule has 2 rings (SSSR count). The molecule has 0 bridgehead atoms. The molecule has 1 fully saturated rings. The molecule has 104 valence electrons. The lowest BCUT2D eigenvalue weighted by molar-refractivity contribution is 0.191. The maximum Gasteiger partial charge on any atom is 0.412 e. The first-order valence-corrected chi connectivity index (χ1v) is 7.36. The van der Waals surface area contributed by atoms with Gasteiger partial charge in [-0.05, 0) is 30.9 Å². The van der Waals surface area contributed by atoms with Crippen molar-refractivity contribution in [1.29, 1.82) is 0 Å². The van der Waals surface area contributed by atoms with Crippen molar-refractivity contribution in [2.45, 2.75) is 57.9 Å². The number of para-hydroxylation sites is 1. The lowest BCUT2D eigenvalue weighted by Crippen LogP contribution is -2.38. The predicted molar refractivity (Wildman–Crippen MR) is 76.5 cm³/mol. The van der Waals surface area contributed by atoms with Crippen LogP contribution in [0.3, 0.4) is 0 Å². The van der Waals surface area contributed by atoms with E-state index >= 15 is 0 Å². The summed E-state index contributed by atoms with van der Waals surface area (Å²) in [4.78, 5) is 11.9. The Balaban J connectivity index is 1.90. The van der Waals surface area contributed by atoms with E-state index in [9.17, 15) is 4.79 Å². The highest BCUT2D eigenvalue weighted by molar-refractivity contribution is 5.71. The van der Waals surface area contributed by atoms with Crippen molar-refractivity contribution in [2.24, 2.45) is 0 Å². The number of carbonyl (C=O) groups is 1. The second-order valence-electron chi connectivity index (χ2n) is 5.23. The van der Waals surface area contributed by atoms with E-state index in [2.05, 4.69) is 12.2 Å². The van der Waals surface area contributed by atoms with Gasteiger partial charge in [-0.3, -0.25) is 0 Å². The van der Waals surface area contributed by atoms with Crippen molar-refractivity contribution in [2.75, 3.05) is 0 Å². The zero-order valence-electron chi connectivity index (χ0n) is 11.7. The SMILES string of the molecule is CCCc1ccccc1OC(=O)NC1CCCCC1. The molecular weight excluding hydrogens is 238 g/mol. The summed E-state index contributed by atoms with van der Waals surface area (Å²) in [6.45, 7) is 2.12. The van der Waals surface area contributed by atoms with E-state index in [-0.39, 0.29) is 6.09 Å². The summed E-state index contributed by atoms with van der Waals surface area (Å²) in [6.07, 6.45) is 7.52. The lowest BCUT2D eigenvalue weighted by Gasteiger charge is -2.22. The third-order valence-electron chi connectivity index (χ3n) is 3.62. The minimum Gasteiger partial charge on any atom is -0.410 e. The molecular formula is C16H23NO2. The zero-order valence-corrected chi connectivity index (χ0v) is 11.7. The van der Waals surface area contributed by atoms with Crippen LogP contribution in [0.1, 0.15) is 51.0 Å². The van der Waals surface area contributed by atoms with Gasteiger partial charge in [0, 0.05) is 6.04 Å². The first-order valence-electron chi connectivity index (χ1n) is 7.36. The molecule has 0 unspecified atom stereocenters. The molecule has 0 aliphatic heterocycles. The van der Waals surface area contributed by atoms with Gasteiger partial charge in [-0.2, -0.15) is 0 Å². The molecule has 0 atom stereocenters. The highest BCUT2D eigenvalue weighted by atomic mass is 16.6. The van der Waals surface area contributed by atoms with Gasteiger partial charge in [-0.15, -0.1) is 0 Å². The summed E-state index contributed by atoms with van der Waals surface area (Å²) in [5.41, 5.74) is 1.10. The van der Waals surface area contributed by atoms with Crippen molar-refractivity contribution >= 4 is 6.09 Å². The quantitative estimate of drug-likeness (QED) is 0.887. The summed E-state index contributed by atoms with van der Waals surface area (Å²) in [7, 11) is 0. The van der Waals surface area contributed by atoms with Crippen molar-refractivity contribution in [3.8, 4) is 5.75 Å². The van der Waals surface area contributed by atoms with Crippen LogP contribution in [-0.2, 0) is 6.42 Å². The van der Waals surface area contributed by atoms with Crippen LogP contribution in [0.5, 0.6) is 5.75 Å². The fraction of sp³-hybridized carbons (Fsp3) is 0.562. The molecule has 19 heavy (non-hydrogen) atoms. The molecule has 1 aliphatic rings. The molecule has 0 aromatic heterocycles. The predicted octanol–water partition coefficient (Wildman–Crippen LogP) is 4.06. The third kappa shape index (κ3) is 4.27. The number of amides is 1. The Morgan fingerprint density at radius 3 is 2.74 bits per heavy atom. The Bertz CT molecular complexity index is 411. The van der Waals surface area contributed by atoms with Crippen molar-refractivity contribution < 1.29 is 9.53 Å². The first kappa shape index (κ1) is 13.9. The molecule has 0 radical (unpaired) electrons. The van der Waals surface area contributed by atoms with Gasteiger partial charge in [0.1, 0.15) is 5.75 Å². The van der Waals surface area contributed by atoms with Crippen molar-refractivity contribution in [3.05, 3.63) is 29.8 Å². The smallest absolute Gasteiger partial charge is 0.410 e. The van der Waals surface area contributed by atoms with Crippen molar-refractivity contribution in [3.63, 3.8) is 0 Å². The van der Waals surface area contributed by atoms with Crippen LogP contribution in [0.25, 0.3) is 0 Å². The van der Waals surface area contributed by atoms with Gasteiger partial charge in [0.15, 0.2) is 0 Å². The molecule has 1 aromatic carbocycles. The second-order valence-corrected chi connectivity index (χ2v) is 5.23. The second kappa shape index (κ2) is 7.17. The number of benzene rings is 1.